The highest BCUT2D eigenvalue weighted by molar-refractivity contribution is 5.58. The minimum Gasteiger partial charge on any atom is -0.388 e. The lowest BCUT2D eigenvalue weighted by Crippen LogP contribution is -2.34. The zero-order valence-corrected chi connectivity index (χ0v) is 10.5. The molecule has 2 heteroatoms. The van der Waals surface area contributed by atoms with Gasteiger partial charge in [-0.3, -0.25) is 0 Å². The number of allylic oxidation sites excluding steroid dienone is 3. The molecule has 0 aliphatic heterocycles. The Kier molecular flexibility index (Phi) is 3.34. The van der Waals surface area contributed by atoms with Gasteiger partial charge in [0.15, 0.2) is 0 Å². The van der Waals surface area contributed by atoms with Crippen LogP contribution in [0.25, 0.3) is 0 Å². The average Bonchev–Trinajstić information content (AvgIpc) is 2.39. The molecule has 1 aliphatic carbocycles. The van der Waals surface area contributed by atoms with Crippen molar-refractivity contribution in [3.05, 3.63) is 53.6 Å². The van der Waals surface area contributed by atoms with E-state index in [1.807, 2.05) is 7.05 Å². The average molecular weight is 228 g/mol. The lowest BCUT2D eigenvalue weighted by Gasteiger charge is -2.32. The molecule has 0 saturated heterocycles. The maximum absolute atomic E-state index is 6.03. The quantitative estimate of drug-likeness (QED) is 0.835. The van der Waals surface area contributed by atoms with Gasteiger partial charge in [-0.25, -0.2) is 0 Å². The number of aryl methyl sites for hydroxylation is 1. The Bertz CT molecular complexity index is 460. The summed E-state index contributed by atoms with van der Waals surface area (Å²) in [6, 6.07) is 6.50. The van der Waals surface area contributed by atoms with E-state index in [1.165, 1.54) is 16.8 Å². The summed E-state index contributed by atoms with van der Waals surface area (Å²) in [5.74, 6) is 0. The third-order valence-corrected chi connectivity index (χ3v) is 3.49. The van der Waals surface area contributed by atoms with E-state index in [0.717, 1.165) is 6.42 Å². The van der Waals surface area contributed by atoms with E-state index >= 15 is 0 Å². The van der Waals surface area contributed by atoms with Crippen molar-refractivity contribution in [1.82, 2.24) is 0 Å². The van der Waals surface area contributed by atoms with Gasteiger partial charge in [-0.05, 0) is 25.0 Å². The Morgan fingerprint density at radius 2 is 2.18 bits per heavy atom. The molecule has 1 unspecified atom stereocenters. The van der Waals surface area contributed by atoms with Crippen molar-refractivity contribution in [2.45, 2.75) is 18.8 Å². The number of nitrogens with two attached hydrogens (primary N) is 1. The van der Waals surface area contributed by atoms with Crippen LogP contribution in [-0.2, 0) is 5.41 Å². The highest BCUT2D eigenvalue weighted by Crippen LogP contribution is 2.36. The first-order valence-electron chi connectivity index (χ1n) is 6.05. The monoisotopic (exact) mass is 228 g/mol. The van der Waals surface area contributed by atoms with Gasteiger partial charge in [-0.15, -0.1) is 0 Å². The molecule has 0 fully saturated rings. The molecule has 2 nitrogen and oxygen atoms in total. The summed E-state index contributed by atoms with van der Waals surface area (Å²) in [5, 5.41) is 3.27. The molecule has 3 N–H and O–H groups in total. The molecule has 2 rings (SSSR count). The highest BCUT2D eigenvalue weighted by atomic mass is 14.8. The molecule has 90 valence electrons. The molecular formula is C15H20N2. The summed E-state index contributed by atoms with van der Waals surface area (Å²) in [6.07, 6.45) is 9.57. The first kappa shape index (κ1) is 11.9. The van der Waals surface area contributed by atoms with Crippen molar-refractivity contribution in [2.24, 2.45) is 5.73 Å². The Hall–Kier alpha value is -1.54. The lowest BCUT2D eigenvalue weighted by atomic mass is 9.74. The van der Waals surface area contributed by atoms with Crippen molar-refractivity contribution in [3.63, 3.8) is 0 Å². The summed E-state index contributed by atoms with van der Waals surface area (Å²) in [6.45, 7) is 2.75. The minimum atomic E-state index is -0.0564. The third kappa shape index (κ3) is 2.13. The second-order valence-electron chi connectivity index (χ2n) is 4.65. The summed E-state index contributed by atoms with van der Waals surface area (Å²) >= 11 is 0. The maximum atomic E-state index is 6.03. The second-order valence-corrected chi connectivity index (χ2v) is 4.65. The van der Waals surface area contributed by atoms with E-state index in [0.29, 0.717) is 6.54 Å². The Morgan fingerprint density at radius 1 is 1.35 bits per heavy atom. The van der Waals surface area contributed by atoms with Crippen LogP contribution >= 0.6 is 0 Å². The normalized spacial score (nSPS) is 22.8. The molecule has 0 heterocycles. The van der Waals surface area contributed by atoms with Gasteiger partial charge >= 0.3 is 0 Å². The maximum Gasteiger partial charge on any atom is 0.0379 e. The predicted molar refractivity (Wildman–Crippen MR) is 74.4 cm³/mol. The van der Waals surface area contributed by atoms with Crippen molar-refractivity contribution >= 4 is 5.69 Å². The first-order valence-corrected chi connectivity index (χ1v) is 6.05. The van der Waals surface area contributed by atoms with Gasteiger partial charge in [0.2, 0.25) is 0 Å². The van der Waals surface area contributed by atoms with E-state index in [-0.39, 0.29) is 5.41 Å². The molecule has 0 amide bonds. The Balaban J connectivity index is 2.53. The van der Waals surface area contributed by atoms with Gasteiger partial charge in [0.1, 0.15) is 0 Å². The molecular weight excluding hydrogens is 208 g/mol. The Morgan fingerprint density at radius 3 is 2.76 bits per heavy atom. The minimum absolute atomic E-state index is 0.0564. The van der Waals surface area contributed by atoms with Crippen LogP contribution in [0.3, 0.4) is 0 Å². The van der Waals surface area contributed by atoms with Crippen molar-refractivity contribution in [1.29, 1.82) is 0 Å². The van der Waals surface area contributed by atoms with Crippen molar-refractivity contribution in [2.75, 3.05) is 18.9 Å². The van der Waals surface area contributed by atoms with Crippen LogP contribution in [0.15, 0.2) is 42.5 Å². The number of nitrogens with one attached hydrogen (secondary N) is 1. The summed E-state index contributed by atoms with van der Waals surface area (Å²) in [7, 11) is 1.96. The van der Waals surface area contributed by atoms with Crippen molar-refractivity contribution < 1.29 is 0 Å². The fourth-order valence-electron chi connectivity index (χ4n) is 2.41. The van der Waals surface area contributed by atoms with Gasteiger partial charge in [0.25, 0.3) is 0 Å². The van der Waals surface area contributed by atoms with Gasteiger partial charge < -0.3 is 11.1 Å². The van der Waals surface area contributed by atoms with Crippen LogP contribution < -0.4 is 11.1 Å². The van der Waals surface area contributed by atoms with Crippen LogP contribution in [0, 0.1) is 6.92 Å². The van der Waals surface area contributed by atoms with Crippen LogP contribution in [0.2, 0.25) is 0 Å². The zero-order valence-electron chi connectivity index (χ0n) is 10.5. The fraction of sp³-hybridized carbons (Fsp3) is 0.333. The van der Waals surface area contributed by atoms with E-state index in [9.17, 15) is 0 Å². The van der Waals surface area contributed by atoms with E-state index in [4.69, 9.17) is 5.73 Å². The van der Waals surface area contributed by atoms with Crippen LogP contribution in [-0.4, -0.2) is 13.6 Å². The van der Waals surface area contributed by atoms with Crippen LogP contribution in [0.4, 0.5) is 5.69 Å². The third-order valence-electron chi connectivity index (χ3n) is 3.49. The molecule has 0 bridgehead atoms. The van der Waals surface area contributed by atoms with Gasteiger partial charge in [-0.2, -0.15) is 0 Å². The fourth-order valence-corrected chi connectivity index (χ4v) is 2.41. The zero-order chi connectivity index (χ0) is 12.3. The van der Waals surface area contributed by atoms with E-state index in [1.54, 1.807) is 0 Å². The lowest BCUT2D eigenvalue weighted by molar-refractivity contribution is 0.551. The molecule has 1 atom stereocenters. The Labute approximate surface area is 103 Å². The van der Waals surface area contributed by atoms with Gasteiger partial charge in [0.05, 0.1) is 0 Å². The van der Waals surface area contributed by atoms with E-state index in [2.05, 4.69) is 54.7 Å². The number of rotatable bonds is 3. The predicted octanol–water partition coefficient (Wildman–Crippen LogP) is 2.75. The molecule has 1 aromatic rings. The first-order chi connectivity index (χ1) is 8.22. The highest BCUT2D eigenvalue weighted by Gasteiger charge is 2.30. The van der Waals surface area contributed by atoms with Gasteiger partial charge in [0, 0.05) is 24.7 Å². The summed E-state index contributed by atoms with van der Waals surface area (Å²) in [4.78, 5) is 0. The number of hydrogen-bond donors (Lipinski definition) is 2. The summed E-state index contributed by atoms with van der Waals surface area (Å²) in [5.41, 5.74) is 9.71. The van der Waals surface area contributed by atoms with Gasteiger partial charge in [-0.1, -0.05) is 42.0 Å². The number of hydrogen-bond acceptors (Lipinski definition) is 2. The standard InChI is InChI=1S/C15H20N2/c1-12-6-7-14(17-2)13(10-12)15(11-16)8-4-3-5-9-15/h3-8,10,17H,9,11,16H2,1-2H3. The van der Waals surface area contributed by atoms with Crippen LogP contribution in [0.1, 0.15) is 17.5 Å². The molecule has 17 heavy (non-hydrogen) atoms. The smallest absolute Gasteiger partial charge is 0.0379 e. The largest absolute Gasteiger partial charge is 0.388 e. The van der Waals surface area contributed by atoms with Crippen LogP contribution in [0.5, 0.6) is 0 Å². The molecule has 0 radical (unpaired) electrons. The topological polar surface area (TPSA) is 38.0 Å². The van der Waals surface area contributed by atoms with E-state index < -0.39 is 0 Å². The molecule has 1 aliphatic rings. The van der Waals surface area contributed by atoms with Crippen molar-refractivity contribution in [3.8, 4) is 0 Å². The molecule has 1 aromatic carbocycles. The number of benzene rings is 1. The molecule has 0 saturated carbocycles. The molecule has 0 aromatic heterocycles. The summed E-state index contributed by atoms with van der Waals surface area (Å²) < 4.78 is 0. The second kappa shape index (κ2) is 4.76. The molecule has 0 spiro atoms. The SMILES string of the molecule is CNc1ccc(C)cc1C1(CN)C=CC=CC1. The number of anilines is 1.